The van der Waals surface area contributed by atoms with Gasteiger partial charge in [-0.05, 0) is 12.8 Å². The van der Waals surface area contributed by atoms with Crippen molar-refractivity contribution in [2.75, 3.05) is 26.2 Å². The van der Waals surface area contributed by atoms with E-state index in [-0.39, 0.29) is 30.8 Å². The molecule has 0 atom stereocenters. The largest absolute Gasteiger partial charge is 0.355 e. The van der Waals surface area contributed by atoms with Gasteiger partial charge in [-0.25, -0.2) is 0 Å². The highest BCUT2D eigenvalue weighted by Crippen LogP contribution is 2.08. The Morgan fingerprint density at radius 1 is 1.28 bits per heavy atom. The maximum Gasteiger partial charge on any atom is 0.240 e. The molecule has 1 aliphatic heterocycles. The first-order chi connectivity index (χ1) is 8.63. The summed E-state index contributed by atoms with van der Waals surface area (Å²) in [6, 6.07) is 0. The zero-order chi connectivity index (χ0) is 13.4. The van der Waals surface area contributed by atoms with Crippen LogP contribution in [0.25, 0.3) is 0 Å². The number of carbonyl (C=O) groups is 3. The fourth-order valence-corrected chi connectivity index (χ4v) is 1.75. The molecule has 0 bridgehead atoms. The first kappa shape index (κ1) is 14.5. The maximum atomic E-state index is 11.5. The van der Waals surface area contributed by atoms with Gasteiger partial charge in [0.05, 0.1) is 13.1 Å². The normalized spacial score (nSPS) is 14.7. The zero-order valence-corrected chi connectivity index (χ0v) is 10.8. The lowest BCUT2D eigenvalue weighted by Gasteiger charge is -2.14. The van der Waals surface area contributed by atoms with Gasteiger partial charge in [0.2, 0.25) is 17.7 Å². The number of carbonyl (C=O) groups excluding carboxylic acids is 3. The van der Waals surface area contributed by atoms with Crippen LogP contribution in [0.5, 0.6) is 0 Å². The van der Waals surface area contributed by atoms with Gasteiger partial charge in [-0.2, -0.15) is 0 Å². The minimum atomic E-state index is -0.282. The lowest BCUT2D eigenvalue weighted by atomic mass is 10.3. The Hall–Kier alpha value is -1.59. The van der Waals surface area contributed by atoms with E-state index >= 15 is 0 Å². The van der Waals surface area contributed by atoms with Crippen molar-refractivity contribution in [3.8, 4) is 0 Å². The van der Waals surface area contributed by atoms with E-state index < -0.39 is 0 Å². The number of rotatable bonds is 7. The van der Waals surface area contributed by atoms with Crippen molar-refractivity contribution in [3.63, 3.8) is 0 Å². The summed E-state index contributed by atoms with van der Waals surface area (Å²) in [5, 5.41) is 5.22. The number of likely N-dealkylation sites (tertiary alicyclic amines) is 1. The van der Waals surface area contributed by atoms with Crippen molar-refractivity contribution < 1.29 is 14.4 Å². The van der Waals surface area contributed by atoms with E-state index in [2.05, 4.69) is 10.6 Å². The molecule has 0 aromatic rings. The number of hydrogen-bond acceptors (Lipinski definition) is 3. The number of nitrogens with zero attached hydrogens (tertiary/aromatic N) is 1. The van der Waals surface area contributed by atoms with Crippen LogP contribution in [-0.4, -0.2) is 48.8 Å². The molecule has 0 aromatic carbocycles. The molecule has 1 fully saturated rings. The van der Waals surface area contributed by atoms with Gasteiger partial charge in [0.1, 0.15) is 0 Å². The van der Waals surface area contributed by atoms with E-state index in [1.54, 1.807) is 0 Å². The van der Waals surface area contributed by atoms with Crippen molar-refractivity contribution in [2.45, 2.75) is 32.6 Å². The van der Waals surface area contributed by atoms with Crippen LogP contribution in [0, 0.1) is 0 Å². The highest BCUT2D eigenvalue weighted by atomic mass is 16.2. The number of unbranched alkanes of at least 4 members (excludes halogenated alkanes) is 1. The summed E-state index contributed by atoms with van der Waals surface area (Å²) in [5.41, 5.74) is 0. The summed E-state index contributed by atoms with van der Waals surface area (Å²) >= 11 is 0. The Labute approximate surface area is 107 Å². The molecule has 1 heterocycles. The average molecular weight is 255 g/mol. The van der Waals surface area contributed by atoms with E-state index in [4.69, 9.17) is 0 Å². The van der Waals surface area contributed by atoms with Gasteiger partial charge >= 0.3 is 0 Å². The third kappa shape index (κ3) is 5.16. The van der Waals surface area contributed by atoms with Crippen molar-refractivity contribution in [1.29, 1.82) is 0 Å². The van der Waals surface area contributed by atoms with Crippen LogP contribution in [0.3, 0.4) is 0 Å². The van der Waals surface area contributed by atoms with Crippen molar-refractivity contribution in [2.24, 2.45) is 0 Å². The van der Waals surface area contributed by atoms with E-state index in [0.29, 0.717) is 19.5 Å². The van der Waals surface area contributed by atoms with Gasteiger partial charge < -0.3 is 15.5 Å². The molecular formula is C12H21N3O3. The second-order valence-electron chi connectivity index (χ2n) is 4.40. The van der Waals surface area contributed by atoms with Crippen LogP contribution in [-0.2, 0) is 14.4 Å². The second-order valence-corrected chi connectivity index (χ2v) is 4.40. The van der Waals surface area contributed by atoms with Crippen molar-refractivity contribution in [3.05, 3.63) is 0 Å². The number of nitrogens with one attached hydrogen (secondary N) is 2. The molecule has 1 aliphatic rings. The van der Waals surface area contributed by atoms with Gasteiger partial charge in [0.25, 0.3) is 0 Å². The number of hydrogen-bond donors (Lipinski definition) is 2. The molecular weight excluding hydrogens is 234 g/mol. The molecule has 0 unspecified atom stereocenters. The highest BCUT2D eigenvalue weighted by Gasteiger charge is 2.22. The van der Waals surface area contributed by atoms with Gasteiger partial charge in [-0.3, -0.25) is 14.4 Å². The molecule has 0 radical (unpaired) electrons. The van der Waals surface area contributed by atoms with Crippen LogP contribution in [0.4, 0.5) is 0 Å². The SMILES string of the molecule is CCCCNC(=O)CNC(=O)CN1CCCC1=O. The lowest BCUT2D eigenvalue weighted by molar-refractivity contribution is -0.133. The molecule has 0 spiro atoms. The Morgan fingerprint density at radius 3 is 2.67 bits per heavy atom. The summed E-state index contributed by atoms with van der Waals surface area (Å²) in [6.45, 7) is 3.34. The van der Waals surface area contributed by atoms with Gasteiger partial charge in [0.15, 0.2) is 0 Å². The Kier molecular flexibility index (Phi) is 6.18. The van der Waals surface area contributed by atoms with Crippen LogP contribution in [0.2, 0.25) is 0 Å². The summed E-state index contributed by atoms with van der Waals surface area (Å²) in [4.78, 5) is 35.6. The zero-order valence-electron chi connectivity index (χ0n) is 10.8. The molecule has 3 amide bonds. The van der Waals surface area contributed by atoms with Gasteiger partial charge in [-0.1, -0.05) is 13.3 Å². The monoisotopic (exact) mass is 255 g/mol. The van der Waals surface area contributed by atoms with E-state index in [0.717, 1.165) is 19.3 Å². The summed E-state index contributed by atoms with van der Waals surface area (Å²) in [5.74, 6) is -0.460. The molecule has 6 nitrogen and oxygen atoms in total. The van der Waals surface area contributed by atoms with Gasteiger partial charge in [-0.15, -0.1) is 0 Å². The average Bonchev–Trinajstić information content (AvgIpc) is 2.73. The van der Waals surface area contributed by atoms with Crippen molar-refractivity contribution in [1.82, 2.24) is 15.5 Å². The predicted molar refractivity (Wildman–Crippen MR) is 66.7 cm³/mol. The smallest absolute Gasteiger partial charge is 0.240 e. The maximum absolute atomic E-state index is 11.5. The summed E-state index contributed by atoms with van der Waals surface area (Å²) in [6.07, 6.45) is 3.28. The third-order valence-corrected chi connectivity index (χ3v) is 2.80. The van der Waals surface area contributed by atoms with E-state index in [1.807, 2.05) is 6.92 Å². The summed E-state index contributed by atoms with van der Waals surface area (Å²) in [7, 11) is 0. The Bertz CT molecular complexity index is 318. The topological polar surface area (TPSA) is 78.5 Å². The molecule has 1 rings (SSSR count). The summed E-state index contributed by atoms with van der Waals surface area (Å²) < 4.78 is 0. The first-order valence-corrected chi connectivity index (χ1v) is 6.44. The fourth-order valence-electron chi connectivity index (χ4n) is 1.75. The predicted octanol–water partition coefficient (Wildman–Crippen LogP) is -0.359. The van der Waals surface area contributed by atoms with Gasteiger partial charge in [0, 0.05) is 19.5 Å². The van der Waals surface area contributed by atoms with Crippen LogP contribution >= 0.6 is 0 Å². The molecule has 2 N–H and O–H groups in total. The second kappa shape index (κ2) is 7.68. The molecule has 0 saturated carbocycles. The Balaban J connectivity index is 2.12. The van der Waals surface area contributed by atoms with Crippen LogP contribution in [0.1, 0.15) is 32.6 Å². The number of amides is 3. The highest BCUT2D eigenvalue weighted by molar-refractivity contribution is 5.88. The fraction of sp³-hybridized carbons (Fsp3) is 0.750. The standard InChI is InChI=1S/C12H21N3O3/c1-2-3-6-13-10(16)8-14-11(17)9-15-7-4-5-12(15)18/h2-9H2,1H3,(H,13,16)(H,14,17). The third-order valence-electron chi connectivity index (χ3n) is 2.80. The first-order valence-electron chi connectivity index (χ1n) is 6.44. The van der Waals surface area contributed by atoms with E-state index in [9.17, 15) is 14.4 Å². The minimum absolute atomic E-state index is 0.0116. The lowest BCUT2D eigenvalue weighted by Crippen LogP contribution is -2.42. The molecule has 1 saturated heterocycles. The molecule has 0 aliphatic carbocycles. The van der Waals surface area contributed by atoms with Crippen LogP contribution < -0.4 is 10.6 Å². The molecule has 102 valence electrons. The molecule has 6 heteroatoms. The van der Waals surface area contributed by atoms with E-state index in [1.165, 1.54) is 4.90 Å². The Morgan fingerprint density at radius 2 is 2.06 bits per heavy atom. The molecule has 18 heavy (non-hydrogen) atoms. The van der Waals surface area contributed by atoms with Crippen LogP contribution in [0.15, 0.2) is 0 Å². The van der Waals surface area contributed by atoms with Crippen molar-refractivity contribution >= 4 is 17.7 Å². The quantitative estimate of drug-likeness (QED) is 0.610. The minimum Gasteiger partial charge on any atom is -0.355 e. The molecule has 0 aromatic heterocycles.